The third-order valence-electron chi connectivity index (χ3n) is 6.27. The van der Waals surface area contributed by atoms with E-state index in [0.717, 1.165) is 10.5 Å². The van der Waals surface area contributed by atoms with Crippen LogP contribution < -0.4 is 20.7 Å². The van der Waals surface area contributed by atoms with Gasteiger partial charge in [0.2, 0.25) is 5.91 Å². The molecule has 0 spiro atoms. The minimum atomic E-state index is -0.541. The van der Waals surface area contributed by atoms with Crippen molar-refractivity contribution in [1.82, 2.24) is 10.3 Å². The number of carbonyl (C=O) groups is 3. The van der Waals surface area contributed by atoms with Crippen LogP contribution in [0.3, 0.4) is 0 Å². The number of nitrogens with zero attached hydrogens (tertiary/aromatic N) is 1. The van der Waals surface area contributed by atoms with Crippen LogP contribution in [0.2, 0.25) is 0 Å². The summed E-state index contributed by atoms with van der Waals surface area (Å²) in [5, 5.41) is 10.3. The topological polar surface area (TPSA) is 123 Å². The van der Waals surface area contributed by atoms with Crippen molar-refractivity contribution in [3.05, 3.63) is 120 Å². The molecule has 3 amide bonds. The fourth-order valence-corrected chi connectivity index (χ4v) is 5.47. The van der Waals surface area contributed by atoms with Gasteiger partial charge in [0.15, 0.2) is 5.13 Å². The molecule has 5 rings (SSSR count). The fraction of sp³-hybridized carbons (Fsp3) is 0.0909. The third kappa shape index (κ3) is 7.82. The quantitative estimate of drug-likeness (QED) is 0.107. The predicted molar refractivity (Wildman–Crippen MR) is 174 cm³/mol. The van der Waals surface area contributed by atoms with Crippen molar-refractivity contribution in [3.63, 3.8) is 0 Å². The zero-order chi connectivity index (χ0) is 30.9. The molecule has 3 N–H and O–H groups in total. The number of hydrogen-bond donors (Lipinski definition) is 3. The smallest absolute Gasteiger partial charge is 0.272 e. The highest BCUT2D eigenvalue weighted by molar-refractivity contribution is 8.00. The van der Waals surface area contributed by atoms with Crippen molar-refractivity contribution in [2.75, 3.05) is 17.7 Å². The standard InChI is InChI=1S/C33H28N4O5S2/c1-21(30(38)37-33-34-18-19-43-33)44-25-15-12-23(13-16-25)35-32(40)27(36-31(39)22-8-4-3-5-9-22)20-24-14-17-29(42-24)26-10-6-7-11-28(26)41-2/h3-21H,1-2H3,(H,35,40)(H,36,39)(H,34,37,38). The van der Waals surface area contributed by atoms with Crippen molar-refractivity contribution in [2.24, 2.45) is 0 Å². The molecule has 0 aliphatic rings. The maximum absolute atomic E-state index is 13.4. The molecule has 0 aliphatic heterocycles. The number of benzene rings is 3. The number of aromatic nitrogens is 1. The molecular formula is C33H28N4O5S2. The van der Waals surface area contributed by atoms with E-state index < -0.39 is 11.8 Å². The number of hydrogen-bond acceptors (Lipinski definition) is 8. The van der Waals surface area contributed by atoms with E-state index in [9.17, 15) is 14.4 Å². The Morgan fingerprint density at radius 1 is 0.932 bits per heavy atom. The third-order valence-corrected chi connectivity index (χ3v) is 8.07. The SMILES string of the molecule is COc1ccccc1-c1ccc(C=C(NC(=O)c2ccccc2)C(=O)Nc2ccc(SC(C)C(=O)Nc3nccs3)cc2)o1. The lowest BCUT2D eigenvalue weighted by atomic mass is 10.1. The average molecular weight is 625 g/mol. The second-order valence-electron chi connectivity index (χ2n) is 9.35. The highest BCUT2D eigenvalue weighted by Crippen LogP contribution is 2.31. The zero-order valence-electron chi connectivity index (χ0n) is 23.8. The number of rotatable bonds is 11. The van der Waals surface area contributed by atoms with E-state index in [-0.39, 0.29) is 16.9 Å². The van der Waals surface area contributed by atoms with E-state index in [1.54, 1.807) is 73.3 Å². The first-order chi connectivity index (χ1) is 21.4. The Balaban J connectivity index is 1.31. The number of furan rings is 1. The molecule has 0 saturated carbocycles. The van der Waals surface area contributed by atoms with Crippen molar-refractivity contribution in [3.8, 4) is 17.1 Å². The number of carbonyl (C=O) groups excluding carboxylic acids is 3. The molecule has 2 aromatic heterocycles. The van der Waals surface area contributed by atoms with Crippen LogP contribution in [0.25, 0.3) is 17.4 Å². The van der Waals surface area contributed by atoms with Crippen LogP contribution in [-0.4, -0.2) is 35.1 Å². The Bertz CT molecular complexity index is 1770. The molecule has 0 fully saturated rings. The zero-order valence-corrected chi connectivity index (χ0v) is 25.4. The lowest BCUT2D eigenvalue weighted by molar-refractivity contribution is -0.115. The Hall–Kier alpha value is -5.13. The van der Waals surface area contributed by atoms with Crippen LogP contribution in [0, 0.1) is 0 Å². The van der Waals surface area contributed by atoms with Crippen LogP contribution in [-0.2, 0) is 9.59 Å². The van der Waals surface area contributed by atoms with E-state index in [0.29, 0.717) is 33.7 Å². The summed E-state index contributed by atoms with van der Waals surface area (Å²) in [4.78, 5) is 43.8. The lowest BCUT2D eigenvalue weighted by Gasteiger charge is -2.13. The van der Waals surface area contributed by atoms with Gasteiger partial charge >= 0.3 is 0 Å². The molecule has 9 nitrogen and oxygen atoms in total. The van der Waals surface area contributed by atoms with Gasteiger partial charge in [-0.3, -0.25) is 14.4 Å². The second-order valence-corrected chi connectivity index (χ2v) is 11.7. The Labute approximate surface area is 262 Å². The van der Waals surface area contributed by atoms with Crippen molar-refractivity contribution < 1.29 is 23.5 Å². The van der Waals surface area contributed by atoms with Gasteiger partial charge in [-0.1, -0.05) is 30.3 Å². The van der Waals surface area contributed by atoms with E-state index in [1.807, 2.05) is 43.3 Å². The van der Waals surface area contributed by atoms with Gasteiger partial charge < -0.3 is 25.1 Å². The average Bonchev–Trinajstić information content (AvgIpc) is 3.74. The highest BCUT2D eigenvalue weighted by Gasteiger charge is 2.18. The van der Waals surface area contributed by atoms with E-state index in [2.05, 4.69) is 20.9 Å². The summed E-state index contributed by atoms with van der Waals surface area (Å²) in [6, 6.07) is 26.6. The van der Waals surface area contributed by atoms with Gasteiger partial charge in [0, 0.05) is 33.8 Å². The van der Waals surface area contributed by atoms with Crippen LogP contribution in [0.5, 0.6) is 5.75 Å². The fourth-order valence-electron chi connectivity index (χ4n) is 4.07. The number of amides is 3. The maximum Gasteiger partial charge on any atom is 0.272 e. The number of para-hydroxylation sites is 1. The summed E-state index contributed by atoms with van der Waals surface area (Å²) >= 11 is 2.74. The van der Waals surface area contributed by atoms with Crippen LogP contribution in [0.4, 0.5) is 10.8 Å². The van der Waals surface area contributed by atoms with Gasteiger partial charge in [0.1, 0.15) is 23.0 Å². The van der Waals surface area contributed by atoms with Gasteiger partial charge in [0.25, 0.3) is 11.8 Å². The molecule has 0 radical (unpaired) electrons. The predicted octanol–water partition coefficient (Wildman–Crippen LogP) is 6.94. The van der Waals surface area contributed by atoms with E-state index in [4.69, 9.17) is 9.15 Å². The summed E-state index contributed by atoms with van der Waals surface area (Å²) in [5.74, 6) is 0.412. The van der Waals surface area contributed by atoms with Gasteiger partial charge in [-0.25, -0.2) is 4.98 Å². The summed E-state index contributed by atoms with van der Waals surface area (Å²) in [7, 11) is 1.58. The summed E-state index contributed by atoms with van der Waals surface area (Å²) < 4.78 is 11.4. The first-order valence-electron chi connectivity index (χ1n) is 13.5. The highest BCUT2D eigenvalue weighted by atomic mass is 32.2. The van der Waals surface area contributed by atoms with Gasteiger partial charge in [0.05, 0.1) is 17.9 Å². The molecule has 5 aromatic rings. The number of anilines is 2. The van der Waals surface area contributed by atoms with E-state index >= 15 is 0 Å². The Morgan fingerprint density at radius 3 is 2.41 bits per heavy atom. The summed E-state index contributed by atoms with van der Waals surface area (Å²) in [6.45, 7) is 1.81. The molecule has 0 bridgehead atoms. The molecule has 0 saturated heterocycles. The molecule has 44 heavy (non-hydrogen) atoms. The van der Waals surface area contributed by atoms with Crippen LogP contribution >= 0.6 is 23.1 Å². The number of nitrogens with one attached hydrogen (secondary N) is 3. The van der Waals surface area contributed by atoms with Crippen molar-refractivity contribution >= 4 is 57.7 Å². The summed E-state index contributed by atoms with van der Waals surface area (Å²) in [5.41, 5.74) is 1.65. The minimum absolute atomic E-state index is 0.00860. The number of thiazole rings is 1. The van der Waals surface area contributed by atoms with Gasteiger partial charge in [-0.05, 0) is 67.6 Å². The first kappa shape index (κ1) is 30.3. The monoisotopic (exact) mass is 624 g/mol. The van der Waals surface area contributed by atoms with Crippen molar-refractivity contribution in [2.45, 2.75) is 17.1 Å². The van der Waals surface area contributed by atoms with Crippen LogP contribution in [0.1, 0.15) is 23.0 Å². The Kier molecular flexibility index (Phi) is 9.90. The molecular weight excluding hydrogens is 597 g/mol. The molecule has 0 aliphatic carbocycles. The maximum atomic E-state index is 13.4. The van der Waals surface area contributed by atoms with E-state index in [1.165, 1.54) is 29.2 Å². The molecule has 1 atom stereocenters. The number of ether oxygens (including phenoxy) is 1. The largest absolute Gasteiger partial charge is 0.496 e. The molecule has 11 heteroatoms. The normalized spacial score (nSPS) is 11.8. The summed E-state index contributed by atoms with van der Waals surface area (Å²) in [6.07, 6.45) is 3.11. The molecule has 1 unspecified atom stereocenters. The molecule has 222 valence electrons. The minimum Gasteiger partial charge on any atom is -0.496 e. The van der Waals surface area contributed by atoms with Crippen molar-refractivity contribution in [1.29, 1.82) is 0 Å². The second kappa shape index (κ2) is 14.4. The number of thioether (sulfide) groups is 1. The first-order valence-corrected chi connectivity index (χ1v) is 15.3. The molecule has 2 heterocycles. The van der Waals surface area contributed by atoms with Gasteiger partial charge in [-0.15, -0.1) is 23.1 Å². The lowest BCUT2D eigenvalue weighted by Crippen LogP contribution is -2.30. The Morgan fingerprint density at radius 2 is 1.68 bits per heavy atom. The number of methoxy groups -OCH3 is 1. The molecule has 3 aromatic carbocycles. The van der Waals surface area contributed by atoms with Gasteiger partial charge in [-0.2, -0.15) is 0 Å². The van der Waals surface area contributed by atoms with Crippen LogP contribution in [0.15, 0.2) is 118 Å².